The number of phenolic OH excluding ortho intramolecular Hbond substituents is 1. The van der Waals surface area contributed by atoms with Gasteiger partial charge in [-0.15, -0.1) is 0 Å². The Kier molecular flexibility index (Phi) is 4.16. The maximum atomic E-state index is 12.2. The average molecular weight is 288 g/mol. The van der Waals surface area contributed by atoms with Gasteiger partial charge in [-0.3, -0.25) is 9.48 Å². The molecule has 3 N–H and O–H groups in total. The highest BCUT2D eigenvalue weighted by Crippen LogP contribution is 2.15. The van der Waals surface area contributed by atoms with Gasteiger partial charge in [0.05, 0.1) is 17.1 Å². The lowest BCUT2D eigenvalue weighted by Crippen LogP contribution is -2.30. The molecule has 0 unspecified atom stereocenters. The third-order valence-corrected chi connectivity index (χ3v) is 3.50. The summed E-state index contributed by atoms with van der Waals surface area (Å²) in [4.78, 5) is 13.9. The van der Waals surface area contributed by atoms with Crippen molar-refractivity contribution in [2.24, 2.45) is 0 Å². The van der Waals surface area contributed by atoms with Crippen LogP contribution < -0.4 is 5.73 Å². The Morgan fingerprint density at radius 3 is 2.48 bits per heavy atom. The Bertz CT molecular complexity index is 646. The first-order valence-corrected chi connectivity index (χ1v) is 6.70. The Hall–Kier alpha value is -2.50. The van der Waals surface area contributed by atoms with Gasteiger partial charge >= 0.3 is 0 Å². The Labute approximate surface area is 123 Å². The number of nitrogens with zero attached hydrogens (tertiary/aromatic N) is 3. The molecule has 0 fully saturated rings. The smallest absolute Gasteiger partial charge is 0.244 e. The molecule has 0 saturated heterocycles. The summed E-state index contributed by atoms with van der Waals surface area (Å²) in [7, 11) is 1.74. The lowest BCUT2D eigenvalue weighted by atomic mass is 10.2. The zero-order valence-electron chi connectivity index (χ0n) is 12.5. The normalized spacial score (nSPS) is 10.6. The van der Waals surface area contributed by atoms with Crippen molar-refractivity contribution in [2.75, 3.05) is 12.8 Å². The molecule has 0 atom stereocenters. The Morgan fingerprint density at radius 2 is 1.95 bits per heavy atom. The van der Waals surface area contributed by atoms with E-state index in [0.29, 0.717) is 12.2 Å². The minimum absolute atomic E-state index is 0.0475. The Balaban J connectivity index is 2.02. The van der Waals surface area contributed by atoms with E-state index in [1.807, 2.05) is 13.8 Å². The van der Waals surface area contributed by atoms with Crippen LogP contribution in [0.25, 0.3) is 0 Å². The second kappa shape index (κ2) is 5.87. The number of aryl methyl sites for hydroxylation is 1. The second-order valence-corrected chi connectivity index (χ2v) is 5.16. The van der Waals surface area contributed by atoms with E-state index >= 15 is 0 Å². The number of anilines is 1. The summed E-state index contributed by atoms with van der Waals surface area (Å²) in [5.74, 6) is 0.166. The molecular weight excluding hydrogens is 268 g/mol. The van der Waals surface area contributed by atoms with Crippen LogP contribution in [0.15, 0.2) is 24.3 Å². The van der Waals surface area contributed by atoms with Crippen LogP contribution in [0.5, 0.6) is 5.75 Å². The van der Waals surface area contributed by atoms with E-state index in [1.54, 1.807) is 40.9 Å². The number of rotatable bonds is 4. The number of nitrogen functional groups attached to an aromatic ring is 1. The van der Waals surface area contributed by atoms with E-state index in [0.717, 1.165) is 17.0 Å². The van der Waals surface area contributed by atoms with Crippen LogP contribution in [0.1, 0.15) is 17.0 Å². The summed E-state index contributed by atoms with van der Waals surface area (Å²) in [6.07, 6.45) is 0. The summed E-state index contributed by atoms with van der Waals surface area (Å²) in [5, 5.41) is 13.5. The van der Waals surface area contributed by atoms with Crippen LogP contribution in [-0.4, -0.2) is 32.7 Å². The molecule has 112 valence electrons. The van der Waals surface area contributed by atoms with Crippen molar-refractivity contribution in [2.45, 2.75) is 26.9 Å². The number of phenols is 1. The summed E-state index contributed by atoms with van der Waals surface area (Å²) < 4.78 is 1.63. The topological polar surface area (TPSA) is 84.4 Å². The predicted octanol–water partition coefficient (Wildman–Crippen LogP) is 1.45. The van der Waals surface area contributed by atoms with Crippen LogP contribution in [0.2, 0.25) is 0 Å². The van der Waals surface area contributed by atoms with Gasteiger partial charge in [0.15, 0.2) is 0 Å². The molecule has 2 rings (SSSR count). The molecule has 0 aliphatic rings. The number of hydrogen-bond acceptors (Lipinski definition) is 4. The van der Waals surface area contributed by atoms with E-state index < -0.39 is 0 Å². The van der Waals surface area contributed by atoms with E-state index in [4.69, 9.17) is 5.73 Å². The zero-order chi connectivity index (χ0) is 15.6. The van der Waals surface area contributed by atoms with Crippen LogP contribution in [0, 0.1) is 13.8 Å². The lowest BCUT2D eigenvalue weighted by molar-refractivity contribution is -0.131. The van der Waals surface area contributed by atoms with Gasteiger partial charge in [-0.1, -0.05) is 12.1 Å². The minimum Gasteiger partial charge on any atom is -0.508 e. The number of hydrogen-bond donors (Lipinski definition) is 2. The maximum Gasteiger partial charge on any atom is 0.244 e. The molecule has 6 heteroatoms. The number of carbonyl (C=O) groups is 1. The van der Waals surface area contributed by atoms with Gasteiger partial charge in [0.1, 0.15) is 12.3 Å². The standard InChI is InChI=1S/C15H20N4O2/c1-10-15(16)11(2)19(17-10)9-14(21)18(3)8-12-4-6-13(20)7-5-12/h4-7,20H,8-9,16H2,1-3H3. The number of aromatic nitrogens is 2. The summed E-state index contributed by atoms with van der Waals surface area (Å²) in [6, 6.07) is 6.80. The molecule has 0 aliphatic carbocycles. The average Bonchev–Trinajstić information content (AvgIpc) is 2.69. The summed E-state index contributed by atoms with van der Waals surface area (Å²) >= 11 is 0. The number of amides is 1. The summed E-state index contributed by atoms with van der Waals surface area (Å²) in [5.41, 5.74) is 8.99. The predicted molar refractivity (Wildman–Crippen MR) is 80.7 cm³/mol. The van der Waals surface area contributed by atoms with Gasteiger partial charge in [-0.2, -0.15) is 5.10 Å². The van der Waals surface area contributed by atoms with Crippen LogP contribution in [0.3, 0.4) is 0 Å². The third-order valence-electron chi connectivity index (χ3n) is 3.50. The number of benzene rings is 1. The van der Waals surface area contributed by atoms with Gasteiger partial charge in [0.25, 0.3) is 0 Å². The largest absolute Gasteiger partial charge is 0.508 e. The van der Waals surface area contributed by atoms with Crippen LogP contribution >= 0.6 is 0 Å². The number of nitrogens with two attached hydrogens (primary N) is 1. The van der Waals surface area contributed by atoms with Crippen molar-refractivity contribution >= 4 is 11.6 Å². The van der Waals surface area contributed by atoms with Crippen LogP contribution in [0.4, 0.5) is 5.69 Å². The van der Waals surface area contributed by atoms with Crippen molar-refractivity contribution in [1.29, 1.82) is 0 Å². The minimum atomic E-state index is -0.0475. The fourth-order valence-corrected chi connectivity index (χ4v) is 2.08. The first kappa shape index (κ1) is 14.9. The molecule has 6 nitrogen and oxygen atoms in total. The van der Waals surface area contributed by atoms with Crippen LogP contribution in [-0.2, 0) is 17.9 Å². The van der Waals surface area contributed by atoms with Crippen molar-refractivity contribution in [3.8, 4) is 5.75 Å². The van der Waals surface area contributed by atoms with Crippen molar-refractivity contribution in [1.82, 2.24) is 14.7 Å². The molecule has 0 saturated carbocycles. The van der Waals surface area contributed by atoms with Crippen molar-refractivity contribution in [3.63, 3.8) is 0 Å². The van der Waals surface area contributed by atoms with Gasteiger partial charge in [-0.05, 0) is 31.5 Å². The fourth-order valence-electron chi connectivity index (χ4n) is 2.08. The number of aromatic hydroxyl groups is 1. The third kappa shape index (κ3) is 3.34. The number of carbonyl (C=O) groups excluding carboxylic acids is 1. The molecule has 1 heterocycles. The van der Waals surface area contributed by atoms with Gasteiger partial charge in [-0.25, -0.2) is 0 Å². The quantitative estimate of drug-likeness (QED) is 0.891. The van der Waals surface area contributed by atoms with Gasteiger partial charge < -0.3 is 15.7 Å². The first-order valence-electron chi connectivity index (χ1n) is 6.70. The fraction of sp³-hybridized carbons (Fsp3) is 0.333. The van der Waals surface area contributed by atoms with E-state index in [2.05, 4.69) is 5.10 Å². The molecule has 1 aromatic carbocycles. The highest BCUT2D eigenvalue weighted by Gasteiger charge is 2.14. The van der Waals surface area contributed by atoms with Crippen molar-refractivity contribution < 1.29 is 9.90 Å². The first-order chi connectivity index (χ1) is 9.88. The number of likely N-dealkylation sites (N-methyl/N-ethyl adjacent to an activating group) is 1. The molecule has 21 heavy (non-hydrogen) atoms. The van der Waals surface area contributed by atoms with Crippen molar-refractivity contribution in [3.05, 3.63) is 41.2 Å². The van der Waals surface area contributed by atoms with Gasteiger partial charge in [0, 0.05) is 13.6 Å². The monoisotopic (exact) mass is 288 g/mol. The molecule has 0 aliphatic heterocycles. The lowest BCUT2D eigenvalue weighted by Gasteiger charge is -2.17. The van der Waals surface area contributed by atoms with E-state index in [-0.39, 0.29) is 18.2 Å². The zero-order valence-corrected chi connectivity index (χ0v) is 12.5. The second-order valence-electron chi connectivity index (χ2n) is 5.16. The molecule has 1 aromatic heterocycles. The highest BCUT2D eigenvalue weighted by molar-refractivity contribution is 5.76. The van der Waals surface area contributed by atoms with Gasteiger partial charge in [0.2, 0.25) is 5.91 Å². The molecule has 1 amide bonds. The Morgan fingerprint density at radius 1 is 1.33 bits per heavy atom. The maximum absolute atomic E-state index is 12.2. The summed E-state index contributed by atoms with van der Waals surface area (Å²) in [6.45, 7) is 4.32. The van der Waals surface area contributed by atoms with E-state index in [9.17, 15) is 9.90 Å². The molecular formula is C15H20N4O2. The molecule has 0 bridgehead atoms. The highest BCUT2D eigenvalue weighted by atomic mass is 16.3. The molecule has 2 aromatic rings. The molecule has 0 radical (unpaired) electrons. The SMILES string of the molecule is Cc1nn(CC(=O)N(C)Cc2ccc(O)cc2)c(C)c1N. The van der Waals surface area contributed by atoms with E-state index in [1.165, 1.54) is 0 Å². The molecule has 0 spiro atoms.